The van der Waals surface area contributed by atoms with Crippen LogP contribution in [0.2, 0.25) is 0 Å². The molecule has 0 atom stereocenters. The lowest BCUT2D eigenvalue weighted by molar-refractivity contribution is -0.137. The molecule has 5 heteroatoms. The molecule has 0 N–H and O–H groups in total. The molecule has 1 heterocycles. The molecule has 39 heavy (non-hydrogen) atoms. The number of nitriles is 1. The lowest BCUT2D eigenvalue weighted by Crippen LogP contribution is -2.02. The third-order valence-corrected chi connectivity index (χ3v) is 6.82. The molecule has 0 saturated heterocycles. The number of carbonyl (C=O) groups excluding carboxylic acids is 1. The Morgan fingerprint density at radius 3 is 2.10 bits per heavy atom. The number of hydrogen-bond acceptors (Lipinski definition) is 5. The summed E-state index contributed by atoms with van der Waals surface area (Å²) in [4.78, 5) is 12.0. The zero-order chi connectivity index (χ0) is 27.3. The van der Waals surface area contributed by atoms with Crippen LogP contribution in [0, 0.1) is 35.0 Å². The summed E-state index contributed by atoms with van der Waals surface area (Å²) in [7, 11) is 0. The molecule has 0 radical (unpaired) electrons. The number of carbonyl (C=O) groups is 1. The maximum absolute atomic E-state index is 11.0. The topological polar surface area (TPSA) is 59.3 Å². The maximum Gasteiger partial charge on any atom is 0.330 e. The Morgan fingerprint density at radius 1 is 0.769 bits per heavy atom. The van der Waals surface area contributed by atoms with Gasteiger partial charge in [0.05, 0.1) is 29.7 Å². The fraction of sp³-hybridized carbons (Fsp3) is 0.176. The van der Waals surface area contributed by atoms with Crippen molar-refractivity contribution in [3.8, 4) is 35.5 Å². The van der Waals surface area contributed by atoms with Gasteiger partial charge in [0.15, 0.2) is 0 Å². The molecule has 4 aromatic rings. The van der Waals surface area contributed by atoms with Crippen molar-refractivity contribution in [2.75, 3.05) is 13.2 Å². The van der Waals surface area contributed by atoms with Crippen molar-refractivity contribution in [1.82, 2.24) is 0 Å². The first kappa shape index (κ1) is 27.3. The van der Waals surface area contributed by atoms with Gasteiger partial charge in [0.1, 0.15) is 5.75 Å². The van der Waals surface area contributed by atoms with Gasteiger partial charge >= 0.3 is 5.97 Å². The van der Waals surface area contributed by atoms with E-state index in [1.165, 1.54) is 10.8 Å². The number of rotatable bonds is 9. The molecule has 0 aliphatic carbocycles. The SMILES string of the molecule is C=CC(=O)OCCCCCCOc1ccc(C#Cc2ccc3sc(C#Cc4ccc(C#N)cc4)cc3c2)cc1. The maximum atomic E-state index is 11.0. The van der Waals surface area contributed by atoms with Crippen LogP contribution in [0.5, 0.6) is 5.75 Å². The Kier molecular flexibility index (Phi) is 9.97. The van der Waals surface area contributed by atoms with Gasteiger partial charge in [0.25, 0.3) is 0 Å². The number of fused-ring (bicyclic) bond motifs is 1. The summed E-state index contributed by atoms with van der Waals surface area (Å²) in [5.74, 6) is 13.3. The van der Waals surface area contributed by atoms with Gasteiger partial charge in [0, 0.05) is 27.5 Å². The standard InChI is InChI=1S/C34H27NO3S/c1-2-34(36)38-22-6-4-3-5-21-37-31-17-13-27(14-18-31)7-10-28-16-20-33-30(23-28)24-32(39-33)19-15-26-8-11-29(25-35)12-9-26/h2,8-9,11-14,16-18,20,23-24H,1,3-6,21-22H2. The van der Waals surface area contributed by atoms with E-state index in [1.807, 2.05) is 42.5 Å². The summed E-state index contributed by atoms with van der Waals surface area (Å²) >= 11 is 1.65. The van der Waals surface area contributed by atoms with E-state index in [1.54, 1.807) is 23.5 Å². The van der Waals surface area contributed by atoms with Crippen LogP contribution in [-0.2, 0) is 9.53 Å². The van der Waals surface area contributed by atoms with E-state index in [0.29, 0.717) is 18.8 Å². The van der Waals surface area contributed by atoms with Crippen molar-refractivity contribution in [2.45, 2.75) is 25.7 Å². The Balaban J connectivity index is 1.26. The average molecular weight is 530 g/mol. The summed E-state index contributed by atoms with van der Waals surface area (Å²) in [5.41, 5.74) is 3.39. The number of ether oxygens (including phenoxy) is 2. The number of hydrogen-bond donors (Lipinski definition) is 0. The second-order valence-electron chi connectivity index (χ2n) is 8.71. The fourth-order valence-electron chi connectivity index (χ4n) is 3.70. The quantitative estimate of drug-likeness (QED) is 0.0992. The summed E-state index contributed by atoms with van der Waals surface area (Å²) in [6.45, 7) is 4.46. The van der Waals surface area contributed by atoms with Crippen LogP contribution >= 0.6 is 11.3 Å². The molecule has 0 aliphatic heterocycles. The molecule has 4 nitrogen and oxygen atoms in total. The molecule has 0 bridgehead atoms. The summed E-state index contributed by atoms with van der Waals surface area (Å²) in [5, 5.41) is 10.0. The van der Waals surface area contributed by atoms with Gasteiger partial charge in [-0.25, -0.2) is 4.79 Å². The minimum absolute atomic E-state index is 0.368. The van der Waals surface area contributed by atoms with E-state index in [9.17, 15) is 4.79 Å². The van der Waals surface area contributed by atoms with Crippen LogP contribution in [-0.4, -0.2) is 19.2 Å². The molecule has 0 fully saturated rings. The first-order valence-electron chi connectivity index (χ1n) is 12.7. The molecule has 0 saturated carbocycles. The van der Waals surface area contributed by atoms with Crippen molar-refractivity contribution in [1.29, 1.82) is 5.26 Å². The molecule has 1 aromatic heterocycles. The summed E-state index contributed by atoms with van der Waals surface area (Å²) < 4.78 is 12.0. The highest BCUT2D eigenvalue weighted by Gasteiger charge is 2.01. The third-order valence-electron chi connectivity index (χ3n) is 5.78. The predicted molar refractivity (Wildman–Crippen MR) is 157 cm³/mol. The van der Waals surface area contributed by atoms with E-state index in [4.69, 9.17) is 14.7 Å². The number of thiophene rings is 1. The Hall–Kier alpha value is -4.76. The van der Waals surface area contributed by atoms with Crippen molar-refractivity contribution in [3.63, 3.8) is 0 Å². The molecule has 0 unspecified atom stereocenters. The van der Waals surface area contributed by atoms with E-state index in [2.05, 4.69) is 54.5 Å². The first-order chi connectivity index (χ1) is 19.1. The van der Waals surface area contributed by atoms with E-state index in [-0.39, 0.29) is 5.97 Å². The van der Waals surface area contributed by atoms with Crippen LogP contribution < -0.4 is 4.74 Å². The monoisotopic (exact) mass is 529 g/mol. The molecule has 3 aromatic carbocycles. The van der Waals surface area contributed by atoms with Gasteiger partial charge < -0.3 is 9.47 Å². The molecule has 4 rings (SSSR count). The summed E-state index contributed by atoms with van der Waals surface area (Å²) in [6.07, 6.45) is 5.00. The largest absolute Gasteiger partial charge is 0.494 e. The van der Waals surface area contributed by atoms with Crippen LogP contribution in [0.15, 0.2) is 85.5 Å². The highest BCUT2D eigenvalue weighted by atomic mass is 32.1. The minimum Gasteiger partial charge on any atom is -0.494 e. The molecule has 192 valence electrons. The zero-order valence-electron chi connectivity index (χ0n) is 21.5. The molecular weight excluding hydrogens is 502 g/mol. The fourth-order valence-corrected chi connectivity index (χ4v) is 4.60. The van der Waals surface area contributed by atoms with Crippen LogP contribution in [0.25, 0.3) is 10.1 Å². The zero-order valence-corrected chi connectivity index (χ0v) is 22.4. The second kappa shape index (κ2) is 14.3. The van der Waals surface area contributed by atoms with Crippen LogP contribution in [0.1, 0.15) is 52.8 Å². The molecule has 0 aliphatic rings. The highest BCUT2D eigenvalue weighted by Crippen LogP contribution is 2.26. The van der Waals surface area contributed by atoms with Gasteiger partial charge in [-0.1, -0.05) is 30.3 Å². The van der Waals surface area contributed by atoms with E-state index >= 15 is 0 Å². The smallest absolute Gasteiger partial charge is 0.330 e. The van der Waals surface area contributed by atoms with Crippen LogP contribution in [0.4, 0.5) is 0 Å². The van der Waals surface area contributed by atoms with Crippen molar-refractivity contribution in [2.24, 2.45) is 0 Å². The lowest BCUT2D eigenvalue weighted by atomic mass is 10.1. The third kappa shape index (κ3) is 8.65. The second-order valence-corrected chi connectivity index (χ2v) is 9.79. The van der Waals surface area contributed by atoms with E-state index in [0.717, 1.165) is 58.4 Å². The Labute approximate surface area is 233 Å². The molecular formula is C34H27NO3S. The van der Waals surface area contributed by atoms with Crippen molar-refractivity contribution >= 4 is 27.4 Å². The van der Waals surface area contributed by atoms with Gasteiger partial charge in [-0.2, -0.15) is 5.26 Å². The van der Waals surface area contributed by atoms with Gasteiger partial charge in [-0.05, 0) is 104 Å². The average Bonchev–Trinajstić information content (AvgIpc) is 3.39. The number of nitrogens with zero attached hydrogens (tertiary/aromatic N) is 1. The van der Waals surface area contributed by atoms with Gasteiger partial charge in [0.2, 0.25) is 0 Å². The molecule has 0 spiro atoms. The van der Waals surface area contributed by atoms with Crippen molar-refractivity contribution in [3.05, 3.63) is 113 Å². The lowest BCUT2D eigenvalue weighted by Gasteiger charge is -2.06. The Morgan fingerprint density at radius 2 is 1.38 bits per heavy atom. The van der Waals surface area contributed by atoms with Gasteiger partial charge in [-0.3, -0.25) is 0 Å². The number of esters is 1. The van der Waals surface area contributed by atoms with Gasteiger partial charge in [-0.15, -0.1) is 11.3 Å². The normalized spacial score (nSPS) is 9.92. The van der Waals surface area contributed by atoms with E-state index < -0.39 is 0 Å². The van der Waals surface area contributed by atoms with Crippen LogP contribution in [0.3, 0.4) is 0 Å². The first-order valence-corrected chi connectivity index (χ1v) is 13.5. The minimum atomic E-state index is -0.368. The predicted octanol–water partition coefficient (Wildman–Crippen LogP) is 7.24. The highest BCUT2D eigenvalue weighted by molar-refractivity contribution is 7.19. The number of benzene rings is 3. The summed E-state index contributed by atoms with van der Waals surface area (Å²) in [6, 6.07) is 25.5. The number of unbranched alkanes of at least 4 members (excludes halogenated alkanes) is 3. The Bertz CT molecular complexity index is 1600. The van der Waals surface area contributed by atoms with Crippen molar-refractivity contribution < 1.29 is 14.3 Å². The molecule has 0 amide bonds.